The molecule has 0 aliphatic carbocycles. The van der Waals surface area contributed by atoms with Crippen LogP contribution in [-0.4, -0.2) is 4.40 Å². The molecule has 0 aliphatic heterocycles. The molecule has 5 heteroatoms. The summed E-state index contributed by atoms with van der Waals surface area (Å²) in [5, 5.41) is 6.20. The van der Waals surface area contributed by atoms with Gasteiger partial charge in [-0.2, -0.15) is 13.2 Å². The van der Waals surface area contributed by atoms with Crippen molar-refractivity contribution in [1.82, 2.24) is 4.40 Å². The van der Waals surface area contributed by atoms with Crippen LogP contribution in [0.1, 0.15) is 11.1 Å². The van der Waals surface area contributed by atoms with Crippen molar-refractivity contribution in [2.45, 2.75) is 13.1 Å². The molecule has 7 aromatic rings. The Morgan fingerprint density at radius 1 is 0.758 bits per heavy atom. The number of hydrogen-bond donors (Lipinski definition) is 0. The lowest BCUT2D eigenvalue weighted by Gasteiger charge is -2.14. The molecular weight excluding hydrogens is 421 g/mol. The summed E-state index contributed by atoms with van der Waals surface area (Å²) in [5.41, 5.74) is 3.93. The Morgan fingerprint density at radius 3 is 2.39 bits per heavy atom. The van der Waals surface area contributed by atoms with Crippen molar-refractivity contribution in [3.05, 3.63) is 84.1 Å². The topological polar surface area (TPSA) is 8.29 Å². The average molecular weight is 439 g/mol. The smallest absolute Gasteiger partial charge is 0.307 e. The maximum absolute atomic E-state index is 14.1. The summed E-state index contributed by atoms with van der Waals surface area (Å²) in [6.45, 7) is 2.11. The van der Waals surface area contributed by atoms with Gasteiger partial charge in [0, 0.05) is 16.8 Å². The molecule has 0 N–H and O–H groups in total. The molecule has 4 aromatic carbocycles. The minimum absolute atomic E-state index is 0.262. The highest BCUT2D eigenvalue weighted by Crippen LogP contribution is 2.45. The number of aromatic nitrogens is 2. The molecule has 33 heavy (non-hydrogen) atoms. The summed E-state index contributed by atoms with van der Waals surface area (Å²) in [7, 11) is 2.01. The fourth-order valence-electron chi connectivity index (χ4n) is 5.78. The molecule has 3 heterocycles. The van der Waals surface area contributed by atoms with Gasteiger partial charge < -0.3 is 4.40 Å². The van der Waals surface area contributed by atoms with Crippen LogP contribution < -0.4 is 4.57 Å². The lowest BCUT2D eigenvalue weighted by atomic mass is 9.96. The van der Waals surface area contributed by atoms with Gasteiger partial charge in [0.2, 0.25) is 5.52 Å². The van der Waals surface area contributed by atoms with E-state index >= 15 is 0 Å². The quantitative estimate of drug-likeness (QED) is 0.133. The monoisotopic (exact) mass is 439 g/mol. The van der Waals surface area contributed by atoms with E-state index in [0.29, 0.717) is 10.9 Å². The van der Waals surface area contributed by atoms with Gasteiger partial charge in [0.15, 0.2) is 6.20 Å². The van der Waals surface area contributed by atoms with Crippen LogP contribution in [0, 0.1) is 6.92 Å². The number of alkyl halides is 3. The second kappa shape index (κ2) is 5.93. The van der Waals surface area contributed by atoms with Crippen LogP contribution in [0.15, 0.2) is 72.9 Å². The molecule has 0 radical (unpaired) electrons. The molecule has 7 rings (SSSR count). The molecule has 160 valence electrons. The third-order valence-corrected chi connectivity index (χ3v) is 7.12. The minimum Gasteiger partial charge on any atom is -0.307 e. The van der Waals surface area contributed by atoms with E-state index in [1.807, 2.05) is 48.0 Å². The summed E-state index contributed by atoms with van der Waals surface area (Å²) in [6.07, 6.45) is -2.41. The Hall–Kier alpha value is -3.86. The highest BCUT2D eigenvalue weighted by Gasteiger charge is 2.35. The van der Waals surface area contributed by atoms with Crippen LogP contribution in [0.2, 0.25) is 0 Å². The second-order valence-corrected chi connectivity index (χ2v) is 8.85. The molecule has 0 unspecified atom stereocenters. The van der Waals surface area contributed by atoms with Crippen molar-refractivity contribution in [2.24, 2.45) is 7.05 Å². The Morgan fingerprint density at radius 2 is 1.58 bits per heavy atom. The van der Waals surface area contributed by atoms with E-state index in [0.717, 1.165) is 49.0 Å². The minimum atomic E-state index is -4.44. The average Bonchev–Trinajstić information content (AvgIpc) is 3.14. The number of fused-ring (bicyclic) bond motifs is 7. The van der Waals surface area contributed by atoms with E-state index in [9.17, 15) is 13.2 Å². The Balaban J connectivity index is 1.93. The first kappa shape index (κ1) is 18.7. The Labute approximate surface area is 186 Å². The third-order valence-electron chi connectivity index (χ3n) is 7.12. The molecular formula is C28H18F3N2+. The Kier molecular flexibility index (Phi) is 3.36. The van der Waals surface area contributed by atoms with Crippen molar-refractivity contribution in [3.63, 3.8) is 0 Å². The predicted molar refractivity (Wildman–Crippen MR) is 127 cm³/mol. The molecule has 3 aromatic heterocycles. The van der Waals surface area contributed by atoms with Crippen LogP contribution in [-0.2, 0) is 13.2 Å². The number of aryl methyl sites for hydroxylation is 2. The summed E-state index contributed by atoms with van der Waals surface area (Å²) < 4.78 is 46.5. The van der Waals surface area contributed by atoms with E-state index in [4.69, 9.17) is 0 Å². The van der Waals surface area contributed by atoms with Crippen molar-refractivity contribution in [1.29, 1.82) is 0 Å². The van der Waals surface area contributed by atoms with Crippen molar-refractivity contribution < 1.29 is 17.7 Å². The van der Waals surface area contributed by atoms with E-state index in [2.05, 4.69) is 29.7 Å². The van der Waals surface area contributed by atoms with E-state index in [-0.39, 0.29) is 5.39 Å². The van der Waals surface area contributed by atoms with Crippen molar-refractivity contribution in [2.75, 3.05) is 0 Å². The maximum atomic E-state index is 14.1. The fraction of sp³-hybridized carbons (Fsp3) is 0.107. The fourth-order valence-corrected chi connectivity index (χ4v) is 5.78. The predicted octanol–water partition coefficient (Wildman–Crippen LogP) is 7.29. The summed E-state index contributed by atoms with van der Waals surface area (Å²) in [4.78, 5) is 0. The molecule has 2 nitrogen and oxygen atoms in total. The number of rotatable bonds is 0. The molecule has 0 atom stereocenters. The van der Waals surface area contributed by atoms with E-state index in [1.165, 1.54) is 12.1 Å². The Bertz CT molecular complexity index is 1930. The zero-order chi connectivity index (χ0) is 22.6. The van der Waals surface area contributed by atoms with Gasteiger partial charge in [0.05, 0.1) is 32.9 Å². The first-order valence-electron chi connectivity index (χ1n) is 10.8. The van der Waals surface area contributed by atoms with E-state index < -0.39 is 11.7 Å². The van der Waals surface area contributed by atoms with Gasteiger partial charge >= 0.3 is 6.18 Å². The maximum Gasteiger partial charge on any atom is 0.417 e. The molecule has 0 saturated carbocycles. The first-order chi connectivity index (χ1) is 15.9. The van der Waals surface area contributed by atoms with Gasteiger partial charge in [-0.3, -0.25) is 0 Å². The zero-order valence-electron chi connectivity index (χ0n) is 18.0. The summed E-state index contributed by atoms with van der Waals surface area (Å²) in [5.74, 6) is 0. The second-order valence-electron chi connectivity index (χ2n) is 8.85. The summed E-state index contributed by atoms with van der Waals surface area (Å²) in [6, 6.07) is 20.6. The number of nitrogens with zero attached hydrogens (tertiary/aromatic N) is 2. The third kappa shape index (κ3) is 2.22. The van der Waals surface area contributed by atoms with Gasteiger partial charge in [-0.25, -0.2) is 4.57 Å². The van der Waals surface area contributed by atoms with Gasteiger partial charge in [-0.05, 0) is 46.8 Å². The lowest BCUT2D eigenvalue weighted by molar-refractivity contribution is -0.643. The van der Waals surface area contributed by atoms with Crippen molar-refractivity contribution >= 4 is 59.8 Å². The molecule has 0 saturated heterocycles. The normalized spacial score (nSPS) is 13.0. The summed E-state index contributed by atoms with van der Waals surface area (Å²) >= 11 is 0. The van der Waals surface area contributed by atoms with Gasteiger partial charge in [0.25, 0.3) is 0 Å². The van der Waals surface area contributed by atoms with Crippen LogP contribution in [0.3, 0.4) is 0 Å². The first-order valence-corrected chi connectivity index (χ1v) is 10.8. The zero-order valence-corrected chi connectivity index (χ0v) is 18.0. The molecule has 0 fully saturated rings. The lowest BCUT2D eigenvalue weighted by Crippen LogP contribution is -2.28. The number of benzene rings is 4. The van der Waals surface area contributed by atoms with E-state index in [1.54, 1.807) is 6.07 Å². The van der Waals surface area contributed by atoms with Crippen LogP contribution in [0.5, 0.6) is 0 Å². The number of halogens is 3. The molecule has 0 aliphatic rings. The van der Waals surface area contributed by atoms with Crippen LogP contribution in [0.4, 0.5) is 13.2 Å². The molecule has 0 amide bonds. The van der Waals surface area contributed by atoms with Gasteiger partial charge in [-0.1, -0.05) is 42.5 Å². The van der Waals surface area contributed by atoms with Gasteiger partial charge in [-0.15, -0.1) is 0 Å². The largest absolute Gasteiger partial charge is 0.417 e. The van der Waals surface area contributed by atoms with Crippen molar-refractivity contribution in [3.8, 4) is 0 Å². The number of pyridine rings is 2. The highest BCUT2D eigenvalue weighted by atomic mass is 19.4. The SMILES string of the molecule is Cc1c2ccccc2cc2c1c1c3c(ccc4c5c(C(F)(F)F)cccc5n2c43)cc[n+]1C. The highest BCUT2D eigenvalue weighted by molar-refractivity contribution is 6.28. The molecule has 0 bridgehead atoms. The number of hydrogen-bond acceptors (Lipinski definition) is 0. The standard InChI is InChI=1S/C28H18F3N2/c1-15-18-7-4-3-6-17(18)14-22-23(15)27-24-16(12-13-32(27)2)10-11-19-25-20(28(29,30)31)8-5-9-21(25)33(22)26(19)24/h3-14H,1-2H3/q+1. The van der Waals surface area contributed by atoms with Crippen LogP contribution >= 0.6 is 0 Å². The molecule has 0 spiro atoms. The van der Waals surface area contributed by atoms with Crippen LogP contribution in [0.25, 0.3) is 59.8 Å². The van der Waals surface area contributed by atoms with Gasteiger partial charge in [0.1, 0.15) is 7.05 Å².